The van der Waals surface area contributed by atoms with Crippen LogP contribution in [0, 0.1) is 0 Å². The van der Waals surface area contributed by atoms with Crippen molar-refractivity contribution in [3.63, 3.8) is 0 Å². The van der Waals surface area contributed by atoms with Gasteiger partial charge in [0, 0.05) is 24.9 Å². The molecule has 2 heterocycles. The third-order valence-corrected chi connectivity index (χ3v) is 7.40. The van der Waals surface area contributed by atoms with E-state index in [9.17, 15) is 9.59 Å². The predicted octanol–water partition coefficient (Wildman–Crippen LogP) is 5.24. The van der Waals surface area contributed by atoms with Crippen LogP contribution in [0.1, 0.15) is 23.6 Å². The maximum atomic E-state index is 12.7. The van der Waals surface area contributed by atoms with Gasteiger partial charge in [0.15, 0.2) is 5.06 Å². The molecule has 0 fully saturated rings. The highest BCUT2D eigenvalue weighted by atomic mass is 35.5. The quantitative estimate of drug-likeness (QED) is 0.392. The molecule has 3 aromatic rings. The fraction of sp³-hybridized carbons (Fsp3) is 0.333. The van der Waals surface area contributed by atoms with E-state index in [0.29, 0.717) is 26.3 Å². The van der Waals surface area contributed by atoms with E-state index in [1.54, 1.807) is 19.1 Å². The number of hydrogen-bond acceptors (Lipinski definition) is 5. The van der Waals surface area contributed by atoms with Gasteiger partial charge in [0.1, 0.15) is 25.7 Å². The van der Waals surface area contributed by atoms with Crippen LogP contribution in [0.25, 0.3) is 0 Å². The predicted molar refractivity (Wildman–Crippen MR) is 142 cm³/mol. The fourth-order valence-corrected chi connectivity index (χ4v) is 5.00. The summed E-state index contributed by atoms with van der Waals surface area (Å²) in [5, 5.41) is 5.80. The fourth-order valence-electron chi connectivity index (χ4n) is 4.13. The summed E-state index contributed by atoms with van der Waals surface area (Å²) < 4.78 is 6.23. The second-order valence-corrected chi connectivity index (χ2v) is 10.8. The number of carbonyl (C=O) groups excluding carboxylic acids is 2. The highest BCUT2D eigenvalue weighted by molar-refractivity contribution is 7.17. The van der Waals surface area contributed by atoms with Gasteiger partial charge in [-0.3, -0.25) is 4.79 Å². The molecule has 1 aromatic heterocycles. The molecule has 36 heavy (non-hydrogen) atoms. The lowest BCUT2D eigenvalue weighted by molar-refractivity contribution is -1.09. The smallest absolute Gasteiger partial charge is 0.399 e. The molecule has 4 rings (SSSR count). The molecule has 0 aliphatic carbocycles. The Hall–Kier alpha value is -2.91. The number of hydroxylamine groups is 3. The summed E-state index contributed by atoms with van der Waals surface area (Å²) in [7, 11) is 2.14. The number of carbonyl (C=O) groups is 2. The van der Waals surface area contributed by atoms with Gasteiger partial charge in [-0.1, -0.05) is 59.3 Å². The summed E-state index contributed by atoms with van der Waals surface area (Å²) in [6, 6.07) is 18.8. The van der Waals surface area contributed by atoms with E-state index in [1.807, 2.05) is 18.2 Å². The summed E-state index contributed by atoms with van der Waals surface area (Å²) >= 11 is 6.99. The van der Waals surface area contributed by atoms with Crippen LogP contribution in [0.2, 0.25) is 4.34 Å². The Bertz CT molecular complexity index is 1200. The van der Waals surface area contributed by atoms with Crippen LogP contribution in [-0.4, -0.2) is 49.4 Å². The van der Waals surface area contributed by atoms with E-state index in [1.165, 1.54) is 16.7 Å². The molecular weight excluding hydrogens is 498 g/mol. The van der Waals surface area contributed by atoms with Gasteiger partial charge in [0.25, 0.3) is 0 Å². The minimum atomic E-state index is -0.773. The van der Waals surface area contributed by atoms with Crippen LogP contribution in [0.15, 0.2) is 60.7 Å². The van der Waals surface area contributed by atoms with Crippen molar-refractivity contribution < 1.29 is 23.8 Å². The Kier molecular flexibility index (Phi) is 8.64. The summed E-state index contributed by atoms with van der Waals surface area (Å²) in [6.07, 6.45) is 1.94. The van der Waals surface area contributed by atoms with Crippen molar-refractivity contribution >= 4 is 40.6 Å². The molecule has 0 radical (unpaired) electrons. The molecule has 1 unspecified atom stereocenters. The molecule has 2 amide bonds. The standard InChI is InChI=1S/C27H30ClN3O4S/c1-19(29-27(33)35-25-11-10-24(28)36-25)26(32)30-23-9-8-21-12-15-31(2,16-13-22(21)18-23)34-17-14-20-6-4-3-5-7-20/h3-11,18-19H,12-17H2,1-2H3,(H-,29,30,32,33)/p+1/t19?,31-/m1/s1. The second kappa shape index (κ2) is 11.9. The van der Waals surface area contributed by atoms with Crippen LogP contribution in [0.3, 0.4) is 0 Å². The molecule has 7 nitrogen and oxygen atoms in total. The number of amides is 2. The molecule has 9 heteroatoms. The number of benzene rings is 2. The molecular formula is C27H31ClN3O4S+. The van der Waals surface area contributed by atoms with Crippen molar-refractivity contribution in [1.82, 2.24) is 5.32 Å². The number of hydrogen-bond donors (Lipinski definition) is 2. The lowest BCUT2D eigenvalue weighted by atomic mass is 10.0. The third kappa shape index (κ3) is 7.30. The number of ether oxygens (including phenoxy) is 1. The first-order valence-electron chi connectivity index (χ1n) is 12.0. The first-order chi connectivity index (χ1) is 17.3. The van der Waals surface area contributed by atoms with Crippen molar-refractivity contribution in [1.29, 1.82) is 0 Å². The van der Waals surface area contributed by atoms with Crippen molar-refractivity contribution in [2.75, 3.05) is 32.1 Å². The number of anilines is 1. The van der Waals surface area contributed by atoms with Crippen LogP contribution in [0.4, 0.5) is 10.5 Å². The van der Waals surface area contributed by atoms with Gasteiger partial charge < -0.3 is 15.4 Å². The van der Waals surface area contributed by atoms with Crippen LogP contribution in [0.5, 0.6) is 5.06 Å². The van der Waals surface area contributed by atoms with Gasteiger partial charge in [-0.25, -0.2) is 9.63 Å². The molecule has 2 aromatic carbocycles. The van der Waals surface area contributed by atoms with Gasteiger partial charge in [0.2, 0.25) is 5.91 Å². The summed E-state index contributed by atoms with van der Waals surface area (Å²) in [4.78, 5) is 31.0. The summed E-state index contributed by atoms with van der Waals surface area (Å²) in [6.45, 7) is 4.03. The van der Waals surface area contributed by atoms with E-state index in [4.69, 9.17) is 21.2 Å². The molecule has 0 spiro atoms. The van der Waals surface area contributed by atoms with Crippen molar-refractivity contribution in [3.05, 3.63) is 81.7 Å². The first-order valence-corrected chi connectivity index (χ1v) is 13.2. The van der Waals surface area contributed by atoms with E-state index in [-0.39, 0.29) is 5.91 Å². The zero-order valence-electron chi connectivity index (χ0n) is 20.5. The van der Waals surface area contributed by atoms with Gasteiger partial charge in [0.05, 0.1) is 11.4 Å². The number of nitrogens with zero attached hydrogens (tertiary/aromatic N) is 1. The number of rotatable bonds is 8. The van der Waals surface area contributed by atoms with Gasteiger partial charge in [-0.15, -0.1) is 0 Å². The first kappa shape index (κ1) is 26.2. The summed E-state index contributed by atoms with van der Waals surface area (Å²) in [5.41, 5.74) is 4.45. The number of fused-ring (bicyclic) bond motifs is 1. The minimum Gasteiger partial charge on any atom is -0.399 e. The Labute approximate surface area is 220 Å². The lowest BCUT2D eigenvalue weighted by Gasteiger charge is -2.30. The average Bonchev–Trinajstić information content (AvgIpc) is 3.18. The molecule has 2 atom stereocenters. The second-order valence-electron chi connectivity index (χ2n) is 9.10. The van der Waals surface area contributed by atoms with Crippen LogP contribution >= 0.6 is 22.9 Å². The van der Waals surface area contributed by atoms with E-state index in [2.05, 4.69) is 48.0 Å². The highest BCUT2D eigenvalue weighted by Crippen LogP contribution is 2.28. The van der Waals surface area contributed by atoms with Gasteiger partial charge in [-0.05, 0) is 47.9 Å². The van der Waals surface area contributed by atoms with Crippen molar-refractivity contribution in [2.24, 2.45) is 0 Å². The molecule has 190 valence electrons. The third-order valence-electron chi connectivity index (χ3n) is 6.29. The van der Waals surface area contributed by atoms with E-state index < -0.39 is 12.1 Å². The minimum absolute atomic E-state index is 0.324. The molecule has 2 N–H and O–H groups in total. The Morgan fingerprint density at radius 2 is 1.81 bits per heavy atom. The molecule has 0 saturated heterocycles. The average molecular weight is 529 g/mol. The monoisotopic (exact) mass is 528 g/mol. The summed E-state index contributed by atoms with van der Waals surface area (Å²) in [5.74, 6) is -0.324. The lowest BCUT2D eigenvalue weighted by Crippen LogP contribution is -2.46. The maximum absolute atomic E-state index is 12.7. The zero-order valence-corrected chi connectivity index (χ0v) is 22.0. The number of likely N-dealkylation sites (N-methyl/N-ethyl adjacent to an activating group) is 1. The van der Waals surface area contributed by atoms with Crippen LogP contribution in [-0.2, 0) is 28.9 Å². The SMILES string of the molecule is CC(NC(=O)Oc1ccc(Cl)s1)C(=O)Nc1ccc2c(c1)CC[N@+](C)(OCCc1ccccc1)CC2. The highest BCUT2D eigenvalue weighted by Gasteiger charge is 2.28. The number of halogens is 1. The molecule has 1 aliphatic rings. The maximum Gasteiger partial charge on any atom is 0.414 e. The number of quaternary nitrogens is 1. The van der Waals surface area contributed by atoms with Crippen LogP contribution < -0.4 is 15.4 Å². The Balaban J connectivity index is 1.28. The Morgan fingerprint density at radius 3 is 2.53 bits per heavy atom. The molecule has 1 aliphatic heterocycles. The largest absolute Gasteiger partial charge is 0.414 e. The van der Waals surface area contributed by atoms with Gasteiger partial charge >= 0.3 is 6.09 Å². The molecule has 0 bridgehead atoms. The number of nitrogens with one attached hydrogen (secondary N) is 2. The Morgan fingerprint density at radius 1 is 1.06 bits per heavy atom. The zero-order chi connectivity index (χ0) is 25.5. The number of thiophene rings is 1. The van der Waals surface area contributed by atoms with E-state index >= 15 is 0 Å². The topological polar surface area (TPSA) is 76.7 Å². The van der Waals surface area contributed by atoms with Gasteiger partial charge in [-0.2, -0.15) is 4.65 Å². The van der Waals surface area contributed by atoms with Crippen molar-refractivity contribution in [2.45, 2.75) is 32.2 Å². The van der Waals surface area contributed by atoms with E-state index in [0.717, 1.165) is 43.7 Å². The molecule has 0 saturated carbocycles. The van der Waals surface area contributed by atoms with Crippen molar-refractivity contribution in [3.8, 4) is 5.06 Å². The normalized spacial score (nSPS) is 18.0.